The fraction of sp³-hybridized carbons (Fsp3) is 0.633. The van der Waals surface area contributed by atoms with E-state index in [1.54, 1.807) is 10.6 Å². The highest BCUT2D eigenvalue weighted by atomic mass is 16.6. The van der Waals surface area contributed by atoms with E-state index in [1.165, 1.54) is 52.0 Å². The standard InChI is InChI=1S/C30H39N5O5/c1-31-26(36)17-40-33-28(30(38)39)27-29(37)35(25-11-3-2-10-24(25)32-27)23-15-20-8-5-9-21(16-23)34(20)22-13-18-6-4-7-19(12-18)14-22/h2-3,10-11,18-23H,4-9,12-17H2,1H3,(H,31,36)(H,38,39)/t18?,19?,20-,21+,22?,23?. The number of carboxylic acid groups (broad SMARTS) is 1. The van der Waals surface area contributed by atoms with Gasteiger partial charge in [-0.1, -0.05) is 43.0 Å². The molecule has 214 valence electrons. The molecule has 1 aromatic carbocycles. The number of para-hydroxylation sites is 2. The van der Waals surface area contributed by atoms with Gasteiger partial charge in [-0.2, -0.15) is 0 Å². The number of carbonyl (C=O) groups is 2. The Labute approximate surface area is 233 Å². The van der Waals surface area contributed by atoms with Crippen LogP contribution in [-0.2, 0) is 14.4 Å². The first-order valence-corrected chi connectivity index (χ1v) is 14.9. The van der Waals surface area contributed by atoms with Crippen molar-refractivity contribution in [3.63, 3.8) is 0 Å². The van der Waals surface area contributed by atoms with Crippen molar-refractivity contribution in [2.24, 2.45) is 17.0 Å². The molecule has 4 fully saturated rings. The summed E-state index contributed by atoms with van der Waals surface area (Å²) in [4.78, 5) is 50.0. The van der Waals surface area contributed by atoms with Crippen LogP contribution in [0.2, 0.25) is 0 Å². The Bertz CT molecular complexity index is 1350. The van der Waals surface area contributed by atoms with Gasteiger partial charge < -0.3 is 19.8 Å². The zero-order chi connectivity index (χ0) is 27.8. The zero-order valence-corrected chi connectivity index (χ0v) is 23.1. The van der Waals surface area contributed by atoms with Crippen molar-refractivity contribution in [2.45, 2.75) is 94.8 Å². The largest absolute Gasteiger partial charge is 0.476 e. The number of amides is 1. The van der Waals surface area contributed by atoms with Gasteiger partial charge in [-0.15, -0.1) is 0 Å². The summed E-state index contributed by atoms with van der Waals surface area (Å²) < 4.78 is 1.77. The Morgan fingerprint density at radius 1 is 0.975 bits per heavy atom. The SMILES string of the molecule is CNC(=O)CON=C(C(=O)O)c1nc2ccccc2n(C2C[C@H]3CCC[C@@H](C2)N3C2CC3CCCC(C3)C2)c1=O. The highest BCUT2D eigenvalue weighted by Crippen LogP contribution is 2.47. The minimum absolute atomic E-state index is 0.0596. The van der Waals surface area contributed by atoms with E-state index in [4.69, 9.17) is 4.84 Å². The number of carboxylic acids is 1. The van der Waals surface area contributed by atoms with Crippen molar-refractivity contribution in [1.29, 1.82) is 0 Å². The van der Waals surface area contributed by atoms with E-state index in [0.717, 1.165) is 37.5 Å². The third-order valence-corrected chi connectivity index (χ3v) is 9.75. The number of nitrogens with one attached hydrogen (secondary N) is 1. The third kappa shape index (κ3) is 5.13. The number of aliphatic carboxylic acids is 1. The molecule has 10 heteroatoms. The number of benzene rings is 1. The Kier molecular flexibility index (Phi) is 7.61. The van der Waals surface area contributed by atoms with Gasteiger partial charge in [0, 0.05) is 31.2 Å². The van der Waals surface area contributed by atoms with Crippen LogP contribution in [0.1, 0.15) is 82.4 Å². The van der Waals surface area contributed by atoms with Crippen molar-refractivity contribution in [3.8, 4) is 0 Å². The molecule has 1 aromatic heterocycles. The molecule has 4 aliphatic rings. The molecule has 10 nitrogen and oxygen atoms in total. The van der Waals surface area contributed by atoms with Gasteiger partial charge in [0.1, 0.15) is 0 Å². The summed E-state index contributed by atoms with van der Waals surface area (Å²) in [6.07, 6.45) is 13.4. The number of aromatic nitrogens is 2. The van der Waals surface area contributed by atoms with Gasteiger partial charge in [-0.3, -0.25) is 14.5 Å². The normalized spacial score (nSPS) is 30.6. The summed E-state index contributed by atoms with van der Waals surface area (Å²) in [5.41, 5.74) is -0.108. The number of oxime groups is 1. The minimum Gasteiger partial charge on any atom is -0.476 e. The van der Waals surface area contributed by atoms with Gasteiger partial charge in [0.15, 0.2) is 12.3 Å². The molecule has 3 heterocycles. The summed E-state index contributed by atoms with van der Waals surface area (Å²) in [6, 6.07) is 8.81. The molecular weight excluding hydrogens is 510 g/mol. The first kappa shape index (κ1) is 26.9. The van der Waals surface area contributed by atoms with Gasteiger partial charge in [0.25, 0.3) is 11.5 Å². The van der Waals surface area contributed by atoms with Crippen LogP contribution in [-0.4, -0.2) is 68.9 Å². The number of rotatable bonds is 7. The Morgan fingerprint density at radius 2 is 1.65 bits per heavy atom. The summed E-state index contributed by atoms with van der Waals surface area (Å²) in [5.74, 6) is -0.163. The number of piperidine rings is 2. The molecule has 40 heavy (non-hydrogen) atoms. The van der Waals surface area contributed by atoms with Crippen LogP contribution in [0.4, 0.5) is 0 Å². The zero-order valence-electron chi connectivity index (χ0n) is 23.1. The molecule has 6 rings (SSSR count). The summed E-state index contributed by atoms with van der Waals surface area (Å²) in [6.45, 7) is -0.459. The van der Waals surface area contributed by atoms with Crippen molar-refractivity contribution >= 4 is 28.6 Å². The summed E-state index contributed by atoms with van der Waals surface area (Å²) in [7, 11) is 1.44. The lowest BCUT2D eigenvalue weighted by molar-refractivity contribution is -0.130. The number of nitrogens with zero attached hydrogens (tertiary/aromatic N) is 4. The molecule has 2 aromatic rings. The van der Waals surface area contributed by atoms with Crippen LogP contribution in [0.3, 0.4) is 0 Å². The molecule has 5 atom stereocenters. The van der Waals surface area contributed by atoms with Crippen LogP contribution in [0, 0.1) is 11.8 Å². The highest BCUT2D eigenvalue weighted by Gasteiger charge is 2.45. The van der Waals surface area contributed by atoms with Crippen LogP contribution in [0.5, 0.6) is 0 Å². The predicted molar refractivity (Wildman–Crippen MR) is 150 cm³/mol. The number of fused-ring (bicyclic) bond motifs is 5. The van der Waals surface area contributed by atoms with E-state index < -0.39 is 29.8 Å². The molecule has 3 unspecified atom stereocenters. The molecule has 2 saturated heterocycles. The van der Waals surface area contributed by atoms with Gasteiger partial charge in [0.2, 0.25) is 5.71 Å². The van der Waals surface area contributed by atoms with Gasteiger partial charge in [0.05, 0.1) is 11.0 Å². The third-order valence-electron chi connectivity index (χ3n) is 9.75. The smallest absolute Gasteiger partial charge is 0.360 e. The summed E-state index contributed by atoms with van der Waals surface area (Å²) >= 11 is 0. The van der Waals surface area contributed by atoms with Crippen LogP contribution in [0.15, 0.2) is 34.2 Å². The van der Waals surface area contributed by atoms with E-state index in [0.29, 0.717) is 29.2 Å². The second-order valence-corrected chi connectivity index (χ2v) is 12.2. The topological polar surface area (TPSA) is 126 Å². The van der Waals surface area contributed by atoms with E-state index >= 15 is 0 Å². The van der Waals surface area contributed by atoms with Crippen LogP contribution in [0.25, 0.3) is 11.0 Å². The Morgan fingerprint density at radius 3 is 2.33 bits per heavy atom. The maximum absolute atomic E-state index is 14.0. The Balaban J connectivity index is 1.34. The number of hydrogen-bond donors (Lipinski definition) is 2. The Hall–Kier alpha value is -3.27. The predicted octanol–water partition coefficient (Wildman–Crippen LogP) is 3.47. The lowest BCUT2D eigenvalue weighted by Crippen LogP contribution is -2.58. The van der Waals surface area contributed by atoms with Crippen LogP contribution >= 0.6 is 0 Å². The maximum Gasteiger partial charge on any atom is 0.360 e. The van der Waals surface area contributed by atoms with Crippen molar-refractivity contribution in [3.05, 3.63) is 40.3 Å². The molecule has 2 saturated carbocycles. The molecule has 2 aliphatic heterocycles. The fourth-order valence-electron chi connectivity index (χ4n) is 8.22. The molecule has 4 bridgehead atoms. The molecule has 1 amide bonds. The average molecular weight is 550 g/mol. The lowest BCUT2D eigenvalue weighted by atomic mass is 9.68. The van der Waals surface area contributed by atoms with Crippen molar-refractivity contribution < 1.29 is 19.5 Å². The van der Waals surface area contributed by atoms with E-state index in [1.807, 2.05) is 18.2 Å². The minimum atomic E-state index is -1.43. The lowest BCUT2D eigenvalue weighted by Gasteiger charge is -2.55. The van der Waals surface area contributed by atoms with E-state index in [9.17, 15) is 19.5 Å². The molecule has 0 radical (unpaired) electrons. The molecule has 2 N–H and O–H groups in total. The van der Waals surface area contributed by atoms with Gasteiger partial charge in [-0.05, 0) is 68.9 Å². The van der Waals surface area contributed by atoms with Gasteiger partial charge in [-0.25, -0.2) is 9.78 Å². The monoisotopic (exact) mass is 549 g/mol. The molecule has 2 aliphatic carbocycles. The number of carbonyl (C=O) groups excluding carboxylic acids is 1. The number of hydrogen-bond acceptors (Lipinski definition) is 7. The number of likely N-dealkylation sites (N-methyl/N-ethyl adjacent to an activating group) is 1. The van der Waals surface area contributed by atoms with Crippen LogP contribution < -0.4 is 10.9 Å². The van der Waals surface area contributed by atoms with Crippen molar-refractivity contribution in [1.82, 2.24) is 19.8 Å². The second-order valence-electron chi connectivity index (χ2n) is 12.2. The first-order valence-electron chi connectivity index (χ1n) is 14.9. The fourth-order valence-corrected chi connectivity index (χ4v) is 8.22. The maximum atomic E-state index is 14.0. The van der Waals surface area contributed by atoms with Crippen molar-refractivity contribution in [2.75, 3.05) is 13.7 Å². The summed E-state index contributed by atoms with van der Waals surface area (Å²) in [5, 5.41) is 16.0. The average Bonchev–Trinajstić information content (AvgIpc) is 2.94. The van der Waals surface area contributed by atoms with Gasteiger partial charge >= 0.3 is 5.97 Å². The quantitative estimate of drug-likeness (QED) is 0.400. The first-order chi connectivity index (χ1) is 19.4. The molecular formula is C30H39N5O5. The van der Waals surface area contributed by atoms with E-state index in [2.05, 4.69) is 20.4 Å². The van der Waals surface area contributed by atoms with E-state index in [-0.39, 0.29) is 11.7 Å². The second kappa shape index (κ2) is 11.3. The molecule has 0 spiro atoms. The highest BCUT2D eigenvalue weighted by molar-refractivity contribution is 6.41.